The summed E-state index contributed by atoms with van der Waals surface area (Å²) in [5.74, 6) is 0. The van der Waals surface area contributed by atoms with Crippen LogP contribution in [0, 0.1) is 0 Å². The summed E-state index contributed by atoms with van der Waals surface area (Å²) >= 11 is 2.88. The summed E-state index contributed by atoms with van der Waals surface area (Å²) < 4.78 is 36.6. The van der Waals surface area contributed by atoms with Crippen LogP contribution in [0.4, 0.5) is 24.5 Å². The summed E-state index contributed by atoms with van der Waals surface area (Å²) in [6.07, 6.45) is -4.40. The molecule has 6 heteroatoms. The Bertz CT molecular complexity index is 312. The highest BCUT2D eigenvalue weighted by molar-refractivity contribution is 9.10. The van der Waals surface area contributed by atoms with Crippen LogP contribution in [0.5, 0.6) is 0 Å². The predicted octanol–water partition coefficient (Wildman–Crippen LogP) is 2.63. The second-order valence-corrected chi connectivity index (χ2v) is 3.31. The third-order valence-electron chi connectivity index (χ3n) is 1.49. The Balaban J connectivity index is 3.29. The first-order chi connectivity index (χ1) is 5.82. The van der Waals surface area contributed by atoms with Crippen molar-refractivity contribution in [3.63, 3.8) is 0 Å². The van der Waals surface area contributed by atoms with Crippen LogP contribution in [0.2, 0.25) is 0 Å². The van der Waals surface area contributed by atoms with Gasteiger partial charge in [0.2, 0.25) is 0 Å². The van der Waals surface area contributed by atoms with Gasteiger partial charge in [0.25, 0.3) is 0 Å². The second kappa shape index (κ2) is 3.10. The van der Waals surface area contributed by atoms with Crippen molar-refractivity contribution in [1.29, 1.82) is 0 Å². The van der Waals surface area contributed by atoms with Gasteiger partial charge in [-0.15, -0.1) is 0 Å². The van der Waals surface area contributed by atoms with Crippen molar-refractivity contribution in [3.8, 4) is 0 Å². The number of nitrogens with two attached hydrogens (primary N) is 2. The average Bonchev–Trinajstić information content (AvgIpc) is 1.97. The second-order valence-electron chi connectivity index (χ2n) is 2.46. The van der Waals surface area contributed by atoms with E-state index in [1.165, 1.54) is 0 Å². The number of rotatable bonds is 0. The van der Waals surface area contributed by atoms with Crippen molar-refractivity contribution >= 4 is 27.3 Å². The van der Waals surface area contributed by atoms with Crippen LogP contribution in [-0.4, -0.2) is 0 Å². The molecule has 1 rings (SSSR count). The molecule has 0 fully saturated rings. The zero-order chi connectivity index (χ0) is 10.2. The van der Waals surface area contributed by atoms with Gasteiger partial charge in [-0.25, -0.2) is 0 Å². The minimum absolute atomic E-state index is 0.0818. The maximum atomic E-state index is 12.2. The molecule has 2 nitrogen and oxygen atoms in total. The van der Waals surface area contributed by atoms with Crippen LogP contribution in [0.1, 0.15) is 5.56 Å². The Morgan fingerprint density at radius 3 is 2.08 bits per heavy atom. The van der Waals surface area contributed by atoms with Crippen LogP contribution in [0.15, 0.2) is 16.6 Å². The first-order valence-corrected chi connectivity index (χ1v) is 4.03. The number of hydrogen-bond acceptors (Lipinski definition) is 2. The summed E-state index contributed by atoms with van der Waals surface area (Å²) in [7, 11) is 0. The van der Waals surface area contributed by atoms with Gasteiger partial charge < -0.3 is 11.5 Å². The lowest BCUT2D eigenvalue weighted by Crippen LogP contribution is -2.07. The Morgan fingerprint density at radius 1 is 1.15 bits per heavy atom. The van der Waals surface area contributed by atoms with Crippen LogP contribution >= 0.6 is 15.9 Å². The minimum atomic E-state index is -4.40. The summed E-state index contributed by atoms with van der Waals surface area (Å²) in [6, 6.07) is 1.70. The highest BCUT2D eigenvalue weighted by Crippen LogP contribution is 2.36. The number of anilines is 2. The fourth-order valence-electron chi connectivity index (χ4n) is 0.803. The van der Waals surface area contributed by atoms with Gasteiger partial charge in [-0.3, -0.25) is 0 Å². The van der Waals surface area contributed by atoms with Crippen LogP contribution in [0.25, 0.3) is 0 Å². The van der Waals surface area contributed by atoms with Crippen molar-refractivity contribution in [3.05, 3.63) is 22.2 Å². The van der Waals surface area contributed by atoms with Crippen molar-refractivity contribution in [2.75, 3.05) is 11.5 Å². The summed E-state index contributed by atoms with van der Waals surface area (Å²) in [6.45, 7) is 0. The summed E-state index contributed by atoms with van der Waals surface area (Å²) in [4.78, 5) is 0. The van der Waals surface area contributed by atoms with Crippen molar-refractivity contribution < 1.29 is 13.2 Å². The predicted molar refractivity (Wildman–Crippen MR) is 48.0 cm³/mol. The lowest BCUT2D eigenvalue weighted by Gasteiger charge is -2.10. The monoisotopic (exact) mass is 254 g/mol. The molecule has 0 aliphatic carbocycles. The van der Waals surface area contributed by atoms with Gasteiger partial charge in [0.05, 0.1) is 16.9 Å². The Hall–Kier alpha value is -0.910. The Morgan fingerprint density at radius 2 is 1.69 bits per heavy atom. The molecule has 0 saturated carbocycles. The van der Waals surface area contributed by atoms with Gasteiger partial charge in [0, 0.05) is 4.47 Å². The topological polar surface area (TPSA) is 52.0 Å². The van der Waals surface area contributed by atoms with E-state index in [2.05, 4.69) is 15.9 Å². The van der Waals surface area contributed by atoms with E-state index in [1.807, 2.05) is 0 Å². The van der Waals surface area contributed by atoms with Crippen LogP contribution in [0.3, 0.4) is 0 Å². The van der Waals surface area contributed by atoms with Gasteiger partial charge >= 0.3 is 6.18 Å². The molecule has 0 atom stereocenters. The number of hydrogen-bond donors (Lipinski definition) is 2. The minimum Gasteiger partial charge on any atom is -0.397 e. The fourth-order valence-corrected chi connectivity index (χ4v) is 1.28. The highest BCUT2D eigenvalue weighted by atomic mass is 79.9. The van der Waals surface area contributed by atoms with E-state index in [9.17, 15) is 13.2 Å². The molecular formula is C7H6BrF3N2. The highest BCUT2D eigenvalue weighted by Gasteiger charge is 2.31. The summed E-state index contributed by atoms with van der Waals surface area (Å²) in [5, 5.41) is 0. The molecule has 4 N–H and O–H groups in total. The van der Waals surface area contributed by atoms with E-state index in [-0.39, 0.29) is 15.8 Å². The molecule has 0 unspecified atom stereocenters. The fraction of sp³-hybridized carbons (Fsp3) is 0.143. The van der Waals surface area contributed by atoms with E-state index in [0.717, 1.165) is 12.1 Å². The van der Waals surface area contributed by atoms with Gasteiger partial charge in [-0.2, -0.15) is 13.2 Å². The zero-order valence-electron chi connectivity index (χ0n) is 6.32. The van der Waals surface area contributed by atoms with E-state index in [0.29, 0.717) is 0 Å². The average molecular weight is 255 g/mol. The lowest BCUT2D eigenvalue weighted by atomic mass is 10.2. The molecule has 0 aliphatic heterocycles. The third kappa shape index (κ3) is 2.06. The lowest BCUT2D eigenvalue weighted by molar-refractivity contribution is -0.137. The number of nitrogen functional groups attached to an aromatic ring is 2. The zero-order valence-corrected chi connectivity index (χ0v) is 7.91. The van der Waals surface area contributed by atoms with Crippen molar-refractivity contribution in [2.45, 2.75) is 6.18 Å². The molecule has 0 amide bonds. The van der Waals surface area contributed by atoms with E-state index < -0.39 is 11.7 Å². The van der Waals surface area contributed by atoms with Crippen LogP contribution in [-0.2, 0) is 6.18 Å². The molecule has 0 aliphatic rings. The molecule has 72 valence electrons. The van der Waals surface area contributed by atoms with Gasteiger partial charge in [-0.05, 0) is 28.1 Å². The van der Waals surface area contributed by atoms with Crippen molar-refractivity contribution in [2.24, 2.45) is 0 Å². The molecule has 0 aromatic heterocycles. The van der Waals surface area contributed by atoms with Gasteiger partial charge in [0.15, 0.2) is 0 Å². The SMILES string of the molecule is Nc1cc(C(F)(F)F)cc(Br)c1N. The standard InChI is InChI=1S/C7H6BrF3N2/c8-4-1-3(7(9,10)11)2-5(12)6(4)13/h1-2H,12-13H2. The molecule has 1 aromatic carbocycles. The number of benzene rings is 1. The molecule has 1 aromatic rings. The maximum Gasteiger partial charge on any atom is 0.416 e. The molecule has 13 heavy (non-hydrogen) atoms. The maximum absolute atomic E-state index is 12.2. The van der Waals surface area contributed by atoms with Crippen molar-refractivity contribution in [1.82, 2.24) is 0 Å². The number of halogens is 4. The molecule has 0 heterocycles. The Labute approximate surface area is 80.8 Å². The first kappa shape index (κ1) is 10.2. The quantitative estimate of drug-likeness (QED) is 0.700. The number of alkyl halides is 3. The van der Waals surface area contributed by atoms with Gasteiger partial charge in [-0.1, -0.05) is 0 Å². The Kier molecular flexibility index (Phi) is 2.42. The molecule has 0 radical (unpaired) electrons. The van der Waals surface area contributed by atoms with E-state index in [1.54, 1.807) is 0 Å². The summed E-state index contributed by atoms with van der Waals surface area (Å²) in [5.41, 5.74) is 9.84. The molecule has 0 bridgehead atoms. The van der Waals surface area contributed by atoms with Crippen LogP contribution < -0.4 is 11.5 Å². The normalized spacial score (nSPS) is 11.7. The first-order valence-electron chi connectivity index (χ1n) is 3.24. The van der Waals surface area contributed by atoms with Gasteiger partial charge in [0.1, 0.15) is 0 Å². The molecule has 0 spiro atoms. The smallest absolute Gasteiger partial charge is 0.397 e. The van der Waals surface area contributed by atoms with E-state index >= 15 is 0 Å². The largest absolute Gasteiger partial charge is 0.416 e. The molecule has 0 saturated heterocycles. The third-order valence-corrected chi connectivity index (χ3v) is 2.14. The molecular weight excluding hydrogens is 249 g/mol. The van der Waals surface area contributed by atoms with E-state index in [4.69, 9.17) is 11.5 Å².